The lowest BCUT2D eigenvalue weighted by atomic mass is 10.1. The first-order chi connectivity index (χ1) is 12.6. The van der Waals surface area contributed by atoms with Crippen LogP contribution in [-0.2, 0) is 11.2 Å². The van der Waals surface area contributed by atoms with Crippen LogP contribution in [-0.4, -0.2) is 28.8 Å². The summed E-state index contributed by atoms with van der Waals surface area (Å²) in [5.41, 5.74) is 1.83. The number of hydrogen-bond donors (Lipinski definition) is 0. The molecule has 0 aliphatic carbocycles. The Hall–Kier alpha value is -3.46. The summed E-state index contributed by atoms with van der Waals surface area (Å²) < 4.78 is 0. The molecule has 0 atom stereocenters. The number of amides is 1. The number of carbonyl (C=O) groups excluding carboxylic acids is 1. The monoisotopic (exact) mass is 349 g/mol. The largest absolute Gasteiger partial charge is 0.338 e. The van der Waals surface area contributed by atoms with Crippen molar-refractivity contribution in [3.8, 4) is 6.07 Å². The van der Waals surface area contributed by atoms with Crippen molar-refractivity contribution in [2.45, 2.75) is 12.8 Å². The SMILES string of the molecule is N#CCCN(CCc1ccccc1)C(=O)/C=C/c1ccc([N+](=O)[O-])cc1. The van der Waals surface area contributed by atoms with Crippen LogP contribution in [0.1, 0.15) is 17.5 Å². The highest BCUT2D eigenvalue weighted by Gasteiger charge is 2.10. The fourth-order valence-electron chi connectivity index (χ4n) is 2.41. The first kappa shape index (κ1) is 18.9. The fraction of sp³-hybridized carbons (Fsp3) is 0.200. The molecule has 0 fully saturated rings. The van der Waals surface area contributed by atoms with Crippen LogP contribution in [0.3, 0.4) is 0 Å². The third kappa shape index (κ3) is 5.87. The molecule has 0 N–H and O–H groups in total. The number of nitro groups is 1. The average Bonchev–Trinajstić information content (AvgIpc) is 2.67. The van der Waals surface area contributed by atoms with Gasteiger partial charge in [-0.1, -0.05) is 30.3 Å². The summed E-state index contributed by atoms with van der Waals surface area (Å²) >= 11 is 0. The molecule has 0 heterocycles. The minimum Gasteiger partial charge on any atom is -0.338 e. The van der Waals surface area contributed by atoms with Gasteiger partial charge in [0.25, 0.3) is 5.69 Å². The first-order valence-corrected chi connectivity index (χ1v) is 8.22. The van der Waals surface area contributed by atoms with Crippen molar-refractivity contribution in [1.82, 2.24) is 4.90 Å². The summed E-state index contributed by atoms with van der Waals surface area (Å²) in [6.45, 7) is 0.891. The van der Waals surface area contributed by atoms with Crippen molar-refractivity contribution in [3.05, 3.63) is 81.9 Å². The predicted octanol–water partition coefficient (Wildman–Crippen LogP) is 3.59. The quantitative estimate of drug-likeness (QED) is 0.414. The van der Waals surface area contributed by atoms with E-state index in [1.54, 1.807) is 23.1 Å². The molecule has 0 spiro atoms. The highest BCUT2D eigenvalue weighted by Crippen LogP contribution is 2.13. The van der Waals surface area contributed by atoms with Gasteiger partial charge in [0.15, 0.2) is 0 Å². The molecular weight excluding hydrogens is 330 g/mol. The molecule has 6 nitrogen and oxygen atoms in total. The Morgan fingerprint density at radius 2 is 1.81 bits per heavy atom. The van der Waals surface area contributed by atoms with Crippen LogP contribution in [0.4, 0.5) is 5.69 Å². The number of nitrogens with zero attached hydrogens (tertiary/aromatic N) is 3. The van der Waals surface area contributed by atoms with Crippen molar-refractivity contribution in [1.29, 1.82) is 5.26 Å². The number of hydrogen-bond acceptors (Lipinski definition) is 4. The second-order valence-electron chi connectivity index (χ2n) is 5.65. The normalized spacial score (nSPS) is 10.4. The molecule has 0 saturated heterocycles. The molecule has 0 aliphatic heterocycles. The van der Waals surface area contributed by atoms with Crippen LogP contribution >= 0.6 is 0 Å². The molecule has 2 aromatic carbocycles. The second kappa shape index (κ2) is 9.74. The average molecular weight is 349 g/mol. The topological polar surface area (TPSA) is 87.2 Å². The van der Waals surface area contributed by atoms with Crippen molar-refractivity contribution in [3.63, 3.8) is 0 Å². The van der Waals surface area contributed by atoms with Crippen molar-refractivity contribution < 1.29 is 9.72 Å². The van der Waals surface area contributed by atoms with Gasteiger partial charge in [-0.25, -0.2) is 0 Å². The van der Waals surface area contributed by atoms with E-state index in [0.29, 0.717) is 25.1 Å². The first-order valence-electron chi connectivity index (χ1n) is 8.22. The van der Waals surface area contributed by atoms with Crippen LogP contribution in [0.25, 0.3) is 6.08 Å². The predicted molar refractivity (Wildman–Crippen MR) is 99.1 cm³/mol. The number of nitriles is 1. The minimum atomic E-state index is -0.466. The highest BCUT2D eigenvalue weighted by atomic mass is 16.6. The van der Waals surface area contributed by atoms with E-state index in [4.69, 9.17) is 5.26 Å². The van der Waals surface area contributed by atoms with Crippen LogP contribution < -0.4 is 0 Å². The molecule has 0 saturated carbocycles. The lowest BCUT2D eigenvalue weighted by Gasteiger charge is -2.20. The number of rotatable bonds is 8. The van der Waals surface area contributed by atoms with E-state index in [2.05, 4.69) is 6.07 Å². The summed E-state index contributed by atoms with van der Waals surface area (Å²) in [6.07, 6.45) is 4.03. The highest BCUT2D eigenvalue weighted by molar-refractivity contribution is 5.91. The molecule has 0 bridgehead atoms. The smallest absolute Gasteiger partial charge is 0.269 e. The lowest BCUT2D eigenvalue weighted by Crippen LogP contribution is -2.32. The Bertz CT molecular complexity index is 808. The molecule has 132 valence electrons. The molecule has 0 unspecified atom stereocenters. The van der Waals surface area contributed by atoms with E-state index in [1.165, 1.54) is 18.2 Å². The van der Waals surface area contributed by atoms with Gasteiger partial charge in [-0.2, -0.15) is 5.26 Å². The zero-order chi connectivity index (χ0) is 18.8. The number of non-ortho nitro benzene ring substituents is 1. The van der Waals surface area contributed by atoms with Gasteiger partial charge < -0.3 is 4.90 Å². The summed E-state index contributed by atoms with van der Waals surface area (Å²) in [5.74, 6) is -0.186. The summed E-state index contributed by atoms with van der Waals surface area (Å²) in [7, 11) is 0. The van der Waals surface area contributed by atoms with Crippen molar-refractivity contribution in [2.24, 2.45) is 0 Å². The number of carbonyl (C=O) groups is 1. The van der Waals surface area contributed by atoms with Gasteiger partial charge in [-0.05, 0) is 35.8 Å². The van der Waals surface area contributed by atoms with E-state index in [-0.39, 0.29) is 18.0 Å². The third-order valence-electron chi connectivity index (χ3n) is 3.84. The zero-order valence-corrected chi connectivity index (χ0v) is 14.2. The maximum absolute atomic E-state index is 12.4. The molecule has 0 aromatic heterocycles. The Kier molecular flexibility index (Phi) is 7.07. The van der Waals surface area contributed by atoms with Crippen LogP contribution in [0.5, 0.6) is 0 Å². The lowest BCUT2D eigenvalue weighted by molar-refractivity contribution is -0.384. The minimum absolute atomic E-state index is 0.00647. The van der Waals surface area contributed by atoms with Crippen LogP contribution in [0.15, 0.2) is 60.7 Å². The molecule has 2 aromatic rings. The molecule has 6 heteroatoms. The Morgan fingerprint density at radius 1 is 1.12 bits per heavy atom. The van der Waals surface area contributed by atoms with E-state index in [0.717, 1.165) is 5.56 Å². The van der Waals surface area contributed by atoms with Gasteiger partial charge in [-0.3, -0.25) is 14.9 Å². The Balaban J connectivity index is 2.00. The van der Waals surface area contributed by atoms with Crippen molar-refractivity contribution in [2.75, 3.05) is 13.1 Å². The Morgan fingerprint density at radius 3 is 2.42 bits per heavy atom. The van der Waals surface area contributed by atoms with Gasteiger partial charge in [0.2, 0.25) is 5.91 Å². The summed E-state index contributed by atoms with van der Waals surface area (Å²) in [4.78, 5) is 24.3. The van der Waals surface area contributed by atoms with Crippen LogP contribution in [0, 0.1) is 21.4 Å². The van der Waals surface area contributed by atoms with E-state index >= 15 is 0 Å². The summed E-state index contributed by atoms with van der Waals surface area (Å²) in [5, 5.41) is 19.5. The molecule has 0 radical (unpaired) electrons. The molecule has 1 amide bonds. The third-order valence-corrected chi connectivity index (χ3v) is 3.84. The zero-order valence-electron chi connectivity index (χ0n) is 14.2. The van der Waals surface area contributed by atoms with Gasteiger partial charge in [-0.15, -0.1) is 0 Å². The van der Waals surface area contributed by atoms with E-state index in [1.807, 2.05) is 30.3 Å². The van der Waals surface area contributed by atoms with Crippen molar-refractivity contribution >= 4 is 17.7 Å². The van der Waals surface area contributed by atoms with E-state index in [9.17, 15) is 14.9 Å². The fourth-order valence-corrected chi connectivity index (χ4v) is 2.41. The maximum atomic E-state index is 12.4. The number of nitro benzene ring substituents is 1. The standard InChI is InChI=1S/C20H19N3O3/c21-14-4-15-22(16-13-17-5-2-1-3-6-17)20(24)12-9-18-7-10-19(11-8-18)23(25)26/h1-3,5-12H,4,13,15-16H2/b12-9+. The van der Waals surface area contributed by atoms with E-state index < -0.39 is 4.92 Å². The van der Waals surface area contributed by atoms with Gasteiger partial charge in [0, 0.05) is 31.3 Å². The second-order valence-corrected chi connectivity index (χ2v) is 5.65. The summed E-state index contributed by atoms with van der Waals surface area (Å²) in [6, 6.07) is 17.9. The molecular formula is C20H19N3O3. The van der Waals surface area contributed by atoms with Gasteiger partial charge >= 0.3 is 0 Å². The Labute approximate surface area is 152 Å². The van der Waals surface area contributed by atoms with Gasteiger partial charge in [0.1, 0.15) is 0 Å². The molecule has 0 aliphatic rings. The molecule has 26 heavy (non-hydrogen) atoms. The molecule has 2 rings (SSSR count). The number of benzene rings is 2. The van der Waals surface area contributed by atoms with Gasteiger partial charge in [0.05, 0.1) is 17.4 Å². The van der Waals surface area contributed by atoms with Crippen LogP contribution in [0.2, 0.25) is 0 Å². The maximum Gasteiger partial charge on any atom is 0.269 e.